The maximum Gasteiger partial charge on any atom is 0.335 e. The number of carbonyl (C=O) groups is 1. The average Bonchev–Trinajstić information content (AvgIpc) is 2.35. The molecule has 6 N–H and O–H groups in total. The molecule has 0 aromatic rings. The van der Waals surface area contributed by atoms with Gasteiger partial charge in [-0.1, -0.05) is 0 Å². The first-order valence-corrected chi connectivity index (χ1v) is 5.22. The van der Waals surface area contributed by atoms with Gasteiger partial charge in [0.1, 0.15) is 24.4 Å². The smallest absolute Gasteiger partial charge is 0.335 e. The number of aliphatic hydroxyl groups excluding tert-OH is 5. The van der Waals surface area contributed by atoms with Crippen LogP contribution < -0.4 is 0 Å². The summed E-state index contributed by atoms with van der Waals surface area (Å²) in [5, 5.41) is 54.7. The molecule has 0 saturated carbocycles. The summed E-state index contributed by atoms with van der Waals surface area (Å²) in [5.74, 6) is -1.48. The topological polar surface area (TPSA) is 157 Å². The molecule has 0 aromatic carbocycles. The van der Waals surface area contributed by atoms with Crippen LogP contribution in [0.25, 0.3) is 0 Å². The van der Waals surface area contributed by atoms with E-state index in [2.05, 4.69) is 0 Å². The minimum absolute atomic E-state index is 0.651. The van der Waals surface area contributed by atoms with Gasteiger partial charge in [0.25, 0.3) is 0 Å². The molecule has 9 heteroatoms. The van der Waals surface area contributed by atoms with Crippen LogP contribution in [0.5, 0.6) is 0 Å². The lowest BCUT2D eigenvalue weighted by Gasteiger charge is -2.40. The minimum atomic E-state index is -1.70. The fraction of sp³-hybridized carbons (Fsp3) is 0.889. The molecule has 1 aliphatic heterocycles. The highest BCUT2D eigenvalue weighted by Gasteiger charge is 2.45. The molecule has 0 amide bonds. The summed E-state index contributed by atoms with van der Waals surface area (Å²) >= 11 is 0. The summed E-state index contributed by atoms with van der Waals surface area (Å²) in [4.78, 5) is 10.6. The van der Waals surface area contributed by atoms with E-state index in [1.807, 2.05) is 0 Å². The zero-order valence-electron chi connectivity index (χ0n) is 9.29. The highest BCUT2D eigenvalue weighted by molar-refractivity contribution is 5.72. The van der Waals surface area contributed by atoms with Crippen LogP contribution in [0, 0.1) is 0 Å². The molecule has 0 aliphatic carbocycles. The van der Waals surface area contributed by atoms with Crippen molar-refractivity contribution >= 4 is 5.97 Å². The summed E-state index contributed by atoms with van der Waals surface area (Å²) in [6.07, 6.45) is -9.32. The van der Waals surface area contributed by atoms with Gasteiger partial charge in [-0.2, -0.15) is 0 Å². The van der Waals surface area contributed by atoms with Gasteiger partial charge < -0.3 is 40.1 Å². The zero-order chi connectivity index (χ0) is 13.9. The van der Waals surface area contributed by atoms with Gasteiger partial charge in [0.05, 0.1) is 13.2 Å². The molecule has 1 heterocycles. The number of carboxylic acids is 1. The minimum Gasteiger partial charge on any atom is -0.479 e. The van der Waals surface area contributed by atoms with Crippen molar-refractivity contribution in [2.75, 3.05) is 13.2 Å². The third kappa shape index (κ3) is 3.14. The van der Waals surface area contributed by atoms with E-state index in [1.165, 1.54) is 0 Å². The van der Waals surface area contributed by atoms with E-state index >= 15 is 0 Å². The van der Waals surface area contributed by atoms with E-state index < -0.39 is 56.0 Å². The Morgan fingerprint density at radius 1 is 1.17 bits per heavy atom. The van der Waals surface area contributed by atoms with Crippen molar-refractivity contribution in [2.24, 2.45) is 0 Å². The Hall–Kier alpha value is -0.810. The molecule has 2 unspecified atom stereocenters. The molecule has 0 bridgehead atoms. The first-order chi connectivity index (χ1) is 8.42. The number of rotatable bonds is 5. The zero-order valence-corrected chi connectivity index (χ0v) is 9.29. The lowest BCUT2D eigenvalue weighted by atomic mass is 9.99. The van der Waals surface area contributed by atoms with Crippen molar-refractivity contribution in [1.82, 2.24) is 0 Å². The van der Waals surface area contributed by atoms with Crippen molar-refractivity contribution in [1.29, 1.82) is 0 Å². The number of aliphatic hydroxyl groups is 5. The van der Waals surface area contributed by atoms with Crippen LogP contribution in [0.2, 0.25) is 0 Å². The molecule has 1 saturated heterocycles. The Labute approximate surface area is 102 Å². The molecule has 6 atom stereocenters. The average molecular weight is 268 g/mol. The number of ether oxygens (including phenoxy) is 2. The van der Waals surface area contributed by atoms with E-state index in [-0.39, 0.29) is 0 Å². The van der Waals surface area contributed by atoms with Gasteiger partial charge in [-0.3, -0.25) is 0 Å². The fourth-order valence-corrected chi connectivity index (χ4v) is 1.52. The number of hydrogen-bond acceptors (Lipinski definition) is 8. The summed E-state index contributed by atoms with van der Waals surface area (Å²) in [6, 6.07) is 0. The van der Waals surface area contributed by atoms with Crippen molar-refractivity contribution < 1.29 is 44.9 Å². The molecule has 1 fully saturated rings. The molecular weight excluding hydrogens is 252 g/mol. The second kappa shape index (κ2) is 6.38. The summed E-state index contributed by atoms with van der Waals surface area (Å²) < 4.78 is 9.67. The van der Waals surface area contributed by atoms with E-state index in [0.717, 1.165) is 0 Å². The molecule has 9 nitrogen and oxygen atoms in total. The van der Waals surface area contributed by atoms with Gasteiger partial charge in [0, 0.05) is 0 Å². The van der Waals surface area contributed by atoms with Gasteiger partial charge in [-0.15, -0.1) is 0 Å². The SMILES string of the molecule is O=C(O)[C@H](CO)O[C@H]1OC(CO)[C@@H](O)[C@H](O)C1O. The van der Waals surface area contributed by atoms with E-state index in [1.54, 1.807) is 0 Å². The second-order valence-electron chi connectivity index (χ2n) is 3.84. The standard InChI is InChI=1S/C9H16O9/c10-1-3-5(12)6(13)7(14)9(17-3)18-4(2-11)8(15)16/h3-7,9-14H,1-2H2,(H,15,16)/t3?,4-,5+,6-,7?,9+/m0/s1. The first-order valence-electron chi connectivity index (χ1n) is 5.22. The molecule has 1 aliphatic rings. The van der Waals surface area contributed by atoms with Crippen LogP contribution in [0.3, 0.4) is 0 Å². The van der Waals surface area contributed by atoms with Crippen LogP contribution in [-0.4, -0.2) is 86.6 Å². The third-order valence-electron chi connectivity index (χ3n) is 2.59. The largest absolute Gasteiger partial charge is 0.479 e. The van der Waals surface area contributed by atoms with Crippen LogP contribution >= 0.6 is 0 Å². The van der Waals surface area contributed by atoms with E-state index in [0.29, 0.717) is 0 Å². The van der Waals surface area contributed by atoms with Gasteiger partial charge in [-0.25, -0.2) is 4.79 Å². The van der Waals surface area contributed by atoms with Gasteiger partial charge >= 0.3 is 5.97 Å². The van der Waals surface area contributed by atoms with Gasteiger partial charge in [0.2, 0.25) is 0 Å². The van der Waals surface area contributed by atoms with E-state index in [4.69, 9.17) is 24.8 Å². The fourth-order valence-electron chi connectivity index (χ4n) is 1.52. The van der Waals surface area contributed by atoms with Crippen LogP contribution in [0.4, 0.5) is 0 Å². The third-order valence-corrected chi connectivity index (χ3v) is 2.59. The predicted octanol–water partition coefficient (Wildman–Crippen LogP) is -3.75. The highest BCUT2D eigenvalue weighted by Crippen LogP contribution is 2.22. The lowest BCUT2D eigenvalue weighted by Crippen LogP contribution is -2.60. The molecule has 0 radical (unpaired) electrons. The van der Waals surface area contributed by atoms with Crippen molar-refractivity contribution in [3.8, 4) is 0 Å². The maximum atomic E-state index is 10.6. The van der Waals surface area contributed by atoms with Crippen molar-refractivity contribution in [3.05, 3.63) is 0 Å². The highest BCUT2D eigenvalue weighted by atomic mass is 16.7. The monoisotopic (exact) mass is 268 g/mol. The predicted molar refractivity (Wildman–Crippen MR) is 53.4 cm³/mol. The first kappa shape index (κ1) is 15.2. The second-order valence-corrected chi connectivity index (χ2v) is 3.84. The molecule has 0 spiro atoms. The number of aliphatic carboxylic acids is 1. The van der Waals surface area contributed by atoms with Crippen LogP contribution in [0.1, 0.15) is 0 Å². The summed E-state index contributed by atoms with van der Waals surface area (Å²) in [7, 11) is 0. The molecular formula is C9H16O9. The Morgan fingerprint density at radius 3 is 2.22 bits per heavy atom. The van der Waals surface area contributed by atoms with Crippen LogP contribution in [-0.2, 0) is 14.3 Å². The number of carboxylic acid groups (broad SMARTS) is 1. The normalized spacial score (nSPS) is 38.4. The van der Waals surface area contributed by atoms with Crippen molar-refractivity contribution in [2.45, 2.75) is 36.8 Å². The molecule has 0 aromatic heterocycles. The molecule has 106 valence electrons. The number of hydrogen-bond donors (Lipinski definition) is 6. The van der Waals surface area contributed by atoms with Gasteiger partial charge in [0.15, 0.2) is 12.4 Å². The Kier molecular flexibility index (Phi) is 5.41. The maximum absolute atomic E-state index is 10.6. The lowest BCUT2D eigenvalue weighted by molar-refractivity contribution is -0.311. The Bertz CT molecular complexity index is 281. The summed E-state index contributed by atoms with van der Waals surface area (Å²) in [6.45, 7) is -1.51. The molecule has 18 heavy (non-hydrogen) atoms. The van der Waals surface area contributed by atoms with E-state index in [9.17, 15) is 20.1 Å². The van der Waals surface area contributed by atoms with Crippen LogP contribution in [0.15, 0.2) is 0 Å². The Morgan fingerprint density at radius 2 is 1.78 bits per heavy atom. The Balaban J connectivity index is 2.72. The van der Waals surface area contributed by atoms with Gasteiger partial charge in [-0.05, 0) is 0 Å². The summed E-state index contributed by atoms with van der Waals surface area (Å²) in [5.41, 5.74) is 0. The quantitative estimate of drug-likeness (QED) is 0.294. The molecule has 1 rings (SSSR count). The van der Waals surface area contributed by atoms with Crippen molar-refractivity contribution in [3.63, 3.8) is 0 Å².